The summed E-state index contributed by atoms with van der Waals surface area (Å²) >= 11 is 0. The van der Waals surface area contributed by atoms with Gasteiger partial charge in [-0.05, 0) is 43.7 Å². The molecule has 2 aliphatic heterocycles. The van der Waals surface area contributed by atoms with E-state index >= 15 is 0 Å². The van der Waals surface area contributed by atoms with E-state index in [0.29, 0.717) is 24.2 Å². The van der Waals surface area contributed by atoms with Crippen LogP contribution in [0.15, 0.2) is 36.5 Å². The minimum atomic E-state index is -4.40. The van der Waals surface area contributed by atoms with Crippen molar-refractivity contribution in [3.05, 3.63) is 47.8 Å². The molecule has 6 heteroatoms. The lowest BCUT2D eigenvalue weighted by molar-refractivity contribution is -0.137. The van der Waals surface area contributed by atoms with Crippen LogP contribution in [0, 0.1) is 0 Å². The molecule has 3 heterocycles. The number of hydrogen-bond donors (Lipinski definition) is 0. The van der Waals surface area contributed by atoms with Gasteiger partial charge < -0.3 is 4.57 Å². The summed E-state index contributed by atoms with van der Waals surface area (Å²) in [5.41, 5.74) is 0.600. The Balaban J connectivity index is 2.01. The molecule has 1 amide bonds. The van der Waals surface area contributed by atoms with Crippen molar-refractivity contribution in [2.75, 3.05) is 4.90 Å². The summed E-state index contributed by atoms with van der Waals surface area (Å²) in [4.78, 5) is 13.9. The number of benzene rings is 1. The number of aromatic nitrogens is 1. The number of anilines is 1. The standard InChI is InChI=1S/C16H13F3N2O/c1-15-7-6-14(22)21(15)11-5-4-10(16(17,18)19)9-12(11)20-8-2-3-13(15)20/h2-5,8-9H,6-7H2,1H3. The van der Waals surface area contributed by atoms with Gasteiger partial charge in [0.1, 0.15) is 0 Å². The summed E-state index contributed by atoms with van der Waals surface area (Å²) in [6.45, 7) is 1.96. The number of amides is 1. The highest BCUT2D eigenvalue weighted by atomic mass is 19.4. The van der Waals surface area contributed by atoms with Crippen LogP contribution in [0.1, 0.15) is 31.0 Å². The molecule has 0 aliphatic carbocycles. The van der Waals surface area contributed by atoms with Gasteiger partial charge in [-0.2, -0.15) is 13.2 Å². The average Bonchev–Trinajstić information content (AvgIpc) is 3.04. The van der Waals surface area contributed by atoms with Crippen LogP contribution in [0.2, 0.25) is 0 Å². The van der Waals surface area contributed by atoms with Crippen molar-refractivity contribution in [1.82, 2.24) is 4.57 Å². The van der Waals surface area contributed by atoms with Crippen molar-refractivity contribution in [3.8, 4) is 5.69 Å². The number of rotatable bonds is 0. The molecule has 2 aliphatic rings. The Morgan fingerprint density at radius 2 is 1.95 bits per heavy atom. The van der Waals surface area contributed by atoms with Crippen LogP contribution in [0.4, 0.5) is 18.9 Å². The monoisotopic (exact) mass is 306 g/mol. The molecule has 4 rings (SSSR count). The number of alkyl halides is 3. The highest BCUT2D eigenvalue weighted by molar-refractivity contribution is 6.00. The van der Waals surface area contributed by atoms with Gasteiger partial charge >= 0.3 is 6.18 Å². The fourth-order valence-corrected chi connectivity index (χ4v) is 3.60. The van der Waals surface area contributed by atoms with Gasteiger partial charge in [0.15, 0.2) is 0 Å². The third-order valence-corrected chi connectivity index (χ3v) is 4.67. The van der Waals surface area contributed by atoms with Crippen LogP contribution in [0.5, 0.6) is 0 Å². The molecule has 3 nitrogen and oxygen atoms in total. The normalized spacial score (nSPS) is 23.3. The number of nitrogens with zero attached hydrogens (tertiary/aromatic N) is 2. The van der Waals surface area contributed by atoms with E-state index in [1.807, 2.05) is 13.0 Å². The van der Waals surface area contributed by atoms with Crippen LogP contribution in [-0.2, 0) is 16.5 Å². The number of carbonyl (C=O) groups is 1. The number of fused-ring (bicyclic) bond motifs is 6. The Morgan fingerprint density at radius 3 is 2.68 bits per heavy atom. The SMILES string of the molecule is CC12CCC(=O)N1c1ccc(C(F)(F)F)cc1-n1cccc12. The third kappa shape index (κ3) is 1.55. The molecule has 2 aromatic rings. The quantitative estimate of drug-likeness (QED) is 0.725. The topological polar surface area (TPSA) is 25.2 Å². The molecular formula is C16H13F3N2O. The first-order valence-corrected chi connectivity index (χ1v) is 7.05. The second kappa shape index (κ2) is 3.94. The van der Waals surface area contributed by atoms with E-state index in [-0.39, 0.29) is 5.91 Å². The number of halogens is 3. The highest BCUT2D eigenvalue weighted by Gasteiger charge is 2.49. The van der Waals surface area contributed by atoms with Crippen molar-refractivity contribution in [2.24, 2.45) is 0 Å². The molecule has 0 N–H and O–H groups in total. The first-order valence-electron chi connectivity index (χ1n) is 7.05. The lowest BCUT2D eigenvalue weighted by Crippen LogP contribution is -2.45. The Kier molecular flexibility index (Phi) is 2.40. The van der Waals surface area contributed by atoms with Crippen LogP contribution >= 0.6 is 0 Å². The van der Waals surface area contributed by atoms with Crippen molar-refractivity contribution < 1.29 is 18.0 Å². The zero-order chi connectivity index (χ0) is 15.7. The van der Waals surface area contributed by atoms with E-state index in [1.54, 1.807) is 21.7 Å². The summed E-state index contributed by atoms with van der Waals surface area (Å²) in [6.07, 6.45) is -1.59. The largest absolute Gasteiger partial charge is 0.416 e. The number of hydrogen-bond acceptors (Lipinski definition) is 1. The zero-order valence-electron chi connectivity index (χ0n) is 11.8. The fourth-order valence-electron chi connectivity index (χ4n) is 3.60. The maximum atomic E-state index is 13.0. The molecule has 1 saturated heterocycles. The van der Waals surface area contributed by atoms with Crippen LogP contribution in [-0.4, -0.2) is 10.5 Å². The molecule has 1 fully saturated rings. The van der Waals surface area contributed by atoms with Crippen LogP contribution in [0.25, 0.3) is 5.69 Å². The Morgan fingerprint density at radius 1 is 1.18 bits per heavy atom. The number of carbonyl (C=O) groups excluding carboxylic acids is 1. The molecule has 114 valence electrons. The van der Waals surface area contributed by atoms with Gasteiger partial charge in [-0.25, -0.2) is 0 Å². The molecule has 1 aromatic carbocycles. The van der Waals surface area contributed by atoms with Gasteiger partial charge in [-0.1, -0.05) is 0 Å². The van der Waals surface area contributed by atoms with E-state index in [1.165, 1.54) is 6.07 Å². The lowest BCUT2D eigenvalue weighted by Gasteiger charge is -2.41. The van der Waals surface area contributed by atoms with E-state index in [9.17, 15) is 18.0 Å². The van der Waals surface area contributed by atoms with Crippen molar-refractivity contribution in [1.29, 1.82) is 0 Å². The maximum absolute atomic E-state index is 13.0. The molecule has 1 unspecified atom stereocenters. The summed E-state index contributed by atoms with van der Waals surface area (Å²) in [5, 5.41) is 0. The van der Waals surface area contributed by atoms with E-state index in [4.69, 9.17) is 0 Å². The predicted molar refractivity (Wildman–Crippen MR) is 74.8 cm³/mol. The zero-order valence-corrected chi connectivity index (χ0v) is 11.8. The highest BCUT2D eigenvalue weighted by Crippen LogP contribution is 2.49. The van der Waals surface area contributed by atoms with Crippen LogP contribution < -0.4 is 4.90 Å². The van der Waals surface area contributed by atoms with Gasteiger partial charge in [-0.3, -0.25) is 9.69 Å². The average molecular weight is 306 g/mol. The van der Waals surface area contributed by atoms with Gasteiger partial charge in [0, 0.05) is 18.3 Å². The summed E-state index contributed by atoms with van der Waals surface area (Å²) in [6, 6.07) is 7.23. The second-order valence-corrected chi connectivity index (χ2v) is 5.97. The molecule has 0 bridgehead atoms. The first kappa shape index (κ1) is 13.4. The van der Waals surface area contributed by atoms with Crippen LogP contribution in [0.3, 0.4) is 0 Å². The Bertz CT molecular complexity index is 793. The molecule has 0 spiro atoms. The smallest absolute Gasteiger partial charge is 0.316 e. The van der Waals surface area contributed by atoms with Crippen molar-refractivity contribution >= 4 is 11.6 Å². The van der Waals surface area contributed by atoms with Gasteiger partial charge in [-0.15, -0.1) is 0 Å². The molecule has 1 aromatic heterocycles. The summed E-state index contributed by atoms with van der Waals surface area (Å²) < 4.78 is 40.7. The maximum Gasteiger partial charge on any atom is 0.416 e. The van der Waals surface area contributed by atoms with Gasteiger partial charge in [0.05, 0.1) is 22.5 Å². The van der Waals surface area contributed by atoms with Gasteiger partial charge in [0.2, 0.25) is 5.91 Å². The molecule has 1 atom stereocenters. The molecule has 0 saturated carbocycles. The van der Waals surface area contributed by atoms with E-state index < -0.39 is 17.3 Å². The van der Waals surface area contributed by atoms with Crippen molar-refractivity contribution in [2.45, 2.75) is 31.5 Å². The molecule has 22 heavy (non-hydrogen) atoms. The second-order valence-electron chi connectivity index (χ2n) is 5.97. The minimum absolute atomic E-state index is 0.0454. The Labute approximate surface area is 125 Å². The third-order valence-electron chi connectivity index (χ3n) is 4.67. The van der Waals surface area contributed by atoms with E-state index in [2.05, 4.69) is 0 Å². The first-order chi connectivity index (χ1) is 10.3. The molecular weight excluding hydrogens is 293 g/mol. The van der Waals surface area contributed by atoms with Crippen molar-refractivity contribution in [3.63, 3.8) is 0 Å². The lowest BCUT2D eigenvalue weighted by atomic mass is 9.91. The minimum Gasteiger partial charge on any atom is -0.316 e. The van der Waals surface area contributed by atoms with Gasteiger partial charge in [0.25, 0.3) is 0 Å². The Hall–Kier alpha value is -2.24. The fraction of sp³-hybridized carbons (Fsp3) is 0.312. The van der Waals surface area contributed by atoms with E-state index in [0.717, 1.165) is 17.8 Å². The summed E-state index contributed by atoms with van der Waals surface area (Å²) in [7, 11) is 0. The predicted octanol–water partition coefficient (Wildman–Crippen LogP) is 3.85. The summed E-state index contributed by atoms with van der Waals surface area (Å²) in [5.74, 6) is -0.0454. The molecule has 0 radical (unpaired) electrons.